The smallest absolute Gasteiger partial charge is 0.166 e. The highest BCUT2D eigenvalue weighted by Crippen LogP contribution is 2.50. The third-order valence-corrected chi connectivity index (χ3v) is 5.37. The number of carbonyl (C=O) groups excluding carboxylic acids is 1. The van der Waals surface area contributed by atoms with E-state index < -0.39 is 0 Å². The number of halogens is 1. The minimum absolute atomic E-state index is 0.243. The molecule has 2 aliphatic rings. The van der Waals surface area contributed by atoms with Gasteiger partial charge in [-0.25, -0.2) is 0 Å². The first kappa shape index (κ1) is 14.1. The molecule has 0 radical (unpaired) electrons. The van der Waals surface area contributed by atoms with Crippen molar-refractivity contribution in [1.82, 2.24) is 0 Å². The van der Waals surface area contributed by atoms with Crippen molar-refractivity contribution in [2.24, 2.45) is 17.8 Å². The van der Waals surface area contributed by atoms with Gasteiger partial charge in [-0.15, -0.1) is 0 Å². The summed E-state index contributed by atoms with van der Waals surface area (Å²) in [5.41, 5.74) is 0.740. The van der Waals surface area contributed by atoms with E-state index in [1.807, 2.05) is 25.1 Å². The van der Waals surface area contributed by atoms with E-state index in [4.69, 9.17) is 4.74 Å². The average Bonchev–Trinajstić information content (AvgIpc) is 3.03. The van der Waals surface area contributed by atoms with Crippen molar-refractivity contribution >= 4 is 21.7 Å². The molecule has 2 bridgehead atoms. The number of ketones is 1. The summed E-state index contributed by atoms with van der Waals surface area (Å²) in [6.07, 6.45) is 6.02. The van der Waals surface area contributed by atoms with Crippen LogP contribution < -0.4 is 4.74 Å². The summed E-state index contributed by atoms with van der Waals surface area (Å²) < 4.78 is 6.54. The van der Waals surface area contributed by atoms with Crippen LogP contribution in [0.3, 0.4) is 0 Å². The van der Waals surface area contributed by atoms with E-state index in [1.54, 1.807) is 0 Å². The molecule has 108 valence electrons. The Kier molecular flexibility index (Phi) is 4.16. The second-order valence-electron chi connectivity index (χ2n) is 6.14. The quantitative estimate of drug-likeness (QED) is 0.718. The number of fused-ring (bicyclic) bond motifs is 2. The molecule has 3 atom stereocenters. The number of hydrogen-bond donors (Lipinski definition) is 0. The SMILES string of the molecule is CCOc1ccc(Br)cc1C(=O)CC1CC2CCC1C2. The van der Waals surface area contributed by atoms with E-state index in [9.17, 15) is 4.79 Å². The van der Waals surface area contributed by atoms with Crippen molar-refractivity contribution in [2.75, 3.05) is 6.61 Å². The standard InChI is InChI=1S/C17H21BrO2/c1-2-20-17-6-5-14(18)10-15(17)16(19)9-13-8-11-3-4-12(13)7-11/h5-6,10-13H,2-4,7-9H2,1H3. The number of benzene rings is 1. The van der Waals surface area contributed by atoms with Crippen molar-refractivity contribution in [3.63, 3.8) is 0 Å². The lowest BCUT2D eigenvalue weighted by Gasteiger charge is -2.21. The van der Waals surface area contributed by atoms with Crippen molar-refractivity contribution < 1.29 is 9.53 Å². The summed E-state index contributed by atoms with van der Waals surface area (Å²) in [4.78, 5) is 12.6. The first-order valence-electron chi connectivity index (χ1n) is 7.63. The molecular weight excluding hydrogens is 316 g/mol. The van der Waals surface area contributed by atoms with Crippen LogP contribution in [0.2, 0.25) is 0 Å². The van der Waals surface area contributed by atoms with Crippen molar-refractivity contribution in [1.29, 1.82) is 0 Å². The molecule has 1 aromatic rings. The summed E-state index contributed by atoms with van der Waals surface area (Å²) in [5.74, 6) is 3.27. The molecule has 3 rings (SSSR count). The summed E-state index contributed by atoms with van der Waals surface area (Å²) >= 11 is 3.45. The van der Waals surface area contributed by atoms with Gasteiger partial charge in [-0.3, -0.25) is 4.79 Å². The maximum absolute atomic E-state index is 12.6. The summed E-state index contributed by atoms with van der Waals surface area (Å²) in [5, 5.41) is 0. The zero-order valence-electron chi connectivity index (χ0n) is 11.9. The van der Waals surface area contributed by atoms with Crippen molar-refractivity contribution in [3.05, 3.63) is 28.2 Å². The molecule has 3 unspecified atom stereocenters. The summed E-state index contributed by atoms with van der Waals surface area (Å²) in [7, 11) is 0. The van der Waals surface area contributed by atoms with Crippen LogP contribution in [0.25, 0.3) is 0 Å². The number of ether oxygens (including phenoxy) is 1. The molecule has 2 saturated carbocycles. The lowest BCUT2D eigenvalue weighted by atomic mass is 9.84. The molecule has 2 nitrogen and oxygen atoms in total. The zero-order valence-corrected chi connectivity index (χ0v) is 13.5. The average molecular weight is 337 g/mol. The van der Waals surface area contributed by atoms with Crippen molar-refractivity contribution in [3.8, 4) is 5.75 Å². The highest BCUT2D eigenvalue weighted by atomic mass is 79.9. The zero-order chi connectivity index (χ0) is 14.1. The summed E-state index contributed by atoms with van der Waals surface area (Å²) in [6, 6.07) is 5.72. The molecule has 0 aliphatic heterocycles. The van der Waals surface area contributed by atoms with Crippen molar-refractivity contribution in [2.45, 2.75) is 39.0 Å². The van der Waals surface area contributed by atoms with Gasteiger partial charge < -0.3 is 4.74 Å². The Labute approximate surface area is 129 Å². The number of hydrogen-bond acceptors (Lipinski definition) is 2. The van der Waals surface area contributed by atoms with Gasteiger partial charge in [0.25, 0.3) is 0 Å². The highest BCUT2D eigenvalue weighted by molar-refractivity contribution is 9.10. The van der Waals surface area contributed by atoms with E-state index in [1.165, 1.54) is 25.7 Å². The Morgan fingerprint density at radius 2 is 2.20 bits per heavy atom. The van der Waals surface area contributed by atoms with Crippen LogP contribution in [0.1, 0.15) is 49.4 Å². The Balaban J connectivity index is 1.74. The van der Waals surface area contributed by atoms with E-state index in [0.717, 1.165) is 27.6 Å². The van der Waals surface area contributed by atoms with Crippen LogP contribution in [-0.2, 0) is 0 Å². The van der Waals surface area contributed by atoms with Crippen LogP contribution >= 0.6 is 15.9 Å². The predicted octanol–water partition coefficient (Wildman–Crippen LogP) is 4.86. The Bertz CT molecular complexity index is 512. The molecule has 0 amide bonds. The first-order chi connectivity index (χ1) is 9.67. The summed E-state index contributed by atoms with van der Waals surface area (Å²) in [6.45, 7) is 2.54. The normalized spacial score (nSPS) is 27.8. The van der Waals surface area contributed by atoms with E-state index in [2.05, 4.69) is 15.9 Å². The first-order valence-corrected chi connectivity index (χ1v) is 8.42. The molecule has 3 heteroatoms. The van der Waals surface area contributed by atoms with Gasteiger partial charge in [0.15, 0.2) is 5.78 Å². The Morgan fingerprint density at radius 3 is 2.85 bits per heavy atom. The third-order valence-electron chi connectivity index (χ3n) is 4.87. The van der Waals surface area contributed by atoms with E-state index in [0.29, 0.717) is 18.9 Å². The lowest BCUT2D eigenvalue weighted by molar-refractivity contribution is 0.0940. The predicted molar refractivity (Wildman–Crippen MR) is 83.2 cm³/mol. The molecule has 2 fully saturated rings. The van der Waals surface area contributed by atoms with Gasteiger partial charge in [0.05, 0.1) is 12.2 Å². The molecule has 0 spiro atoms. The molecule has 0 heterocycles. The maximum atomic E-state index is 12.6. The van der Waals surface area contributed by atoms with E-state index >= 15 is 0 Å². The number of carbonyl (C=O) groups is 1. The molecule has 0 N–H and O–H groups in total. The fraction of sp³-hybridized carbons (Fsp3) is 0.588. The Morgan fingerprint density at radius 1 is 1.35 bits per heavy atom. The second-order valence-corrected chi connectivity index (χ2v) is 7.05. The molecule has 2 aliphatic carbocycles. The Hall–Kier alpha value is -0.830. The van der Waals surface area contributed by atoms with Crippen LogP contribution in [0, 0.1) is 17.8 Å². The minimum Gasteiger partial charge on any atom is -0.493 e. The monoisotopic (exact) mass is 336 g/mol. The second kappa shape index (κ2) is 5.88. The van der Waals surface area contributed by atoms with Crippen LogP contribution in [0.15, 0.2) is 22.7 Å². The lowest BCUT2D eigenvalue weighted by Crippen LogP contribution is -2.16. The van der Waals surface area contributed by atoms with Crippen LogP contribution in [-0.4, -0.2) is 12.4 Å². The fourth-order valence-electron chi connectivity index (χ4n) is 3.98. The highest BCUT2D eigenvalue weighted by Gasteiger charge is 2.40. The maximum Gasteiger partial charge on any atom is 0.166 e. The minimum atomic E-state index is 0.243. The molecule has 1 aromatic carbocycles. The van der Waals surface area contributed by atoms with Gasteiger partial charge in [0.2, 0.25) is 0 Å². The van der Waals surface area contributed by atoms with Gasteiger partial charge in [-0.05, 0) is 62.1 Å². The fourth-order valence-corrected chi connectivity index (χ4v) is 4.34. The van der Waals surface area contributed by atoms with Gasteiger partial charge in [-0.2, -0.15) is 0 Å². The number of Topliss-reactive ketones (excluding diaryl/α,β-unsaturated/α-hetero) is 1. The van der Waals surface area contributed by atoms with Gasteiger partial charge in [-0.1, -0.05) is 22.4 Å². The molecule has 0 saturated heterocycles. The largest absolute Gasteiger partial charge is 0.493 e. The van der Waals surface area contributed by atoms with Gasteiger partial charge in [0.1, 0.15) is 5.75 Å². The topological polar surface area (TPSA) is 26.3 Å². The van der Waals surface area contributed by atoms with Crippen LogP contribution in [0.4, 0.5) is 0 Å². The van der Waals surface area contributed by atoms with E-state index in [-0.39, 0.29) is 5.78 Å². The molecular formula is C17H21BrO2. The van der Waals surface area contributed by atoms with Crippen LogP contribution in [0.5, 0.6) is 5.75 Å². The molecule has 0 aromatic heterocycles. The van der Waals surface area contributed by atoms with Gasteiger partial charge in [0, 0.05) is 10.9 Å². The number of rotatable bonds is 5. The van der Waals surface area contributed by atoms with Gasteiger partial charge >= 0.3 is 0 Å². The third kappa shape index (κ3) is 2.78. The molecule has 20 heavy (non-hydrogen) atoms.